The molecule has 7 heteroatoms. The van der Waals surface area contributed by atoms with Gasteiger partial charge < -0.3 is 5.11 Å². The predicted octanol–water partition coefficient (Wildman–Crippen LogP) is 1.50. The molecule has 0 saturated carbocycles. The minimum atomic E-state index is -4.92. The second kappa shape index (κ2) is 3.73. The van der Waals surface area contributed by atoms with Crippen LogP contribution in [0.4, 0.5) is 13.2 Å². The van der Waals surface area contributed by atoms with Crippen molar-refractivity contribution in [3.05, 3.63) is 0 Å². The van der Waals surface area contributed by atoms with Crippen LogP contribution in [0.15, 0.2) is 5.10 Å². The SMILES string of the molecule is CC1=NN(C(=O)C(C)C)[C@](O)(C(F)(F)F)C1. The monoisotopic (exact) mass is 238 g/mol. The van der Waals surface area contributed by atoms with Crippen LogP contribution in [0, 0.1) is 5.92 Å². The van der Waals surface area contributed by atoms with E-state index in [0.29, 0.717) is 0 Å². The molecule has 1 aliphatic rings. The zero-order chi connectivity index (χ0) is 12.7. The first-order valence-electron chi connectivity index (χ1n) is 4.77. The first-order chi connectivity index (χ1) is 7.09. The molecule has 92 valence electrons. The molecule has 16 heavy (non-hydrogen) atoms. The van der Waals surface area contributed by atoms with Crippen molar-refractivity contribution in [2.24, 2.45) is 11.0 Å². The van der Waals surface area contributed by atoms with Crippen LogP contribution in [0.3, 0.4) is 0 Å². The number of carbonyl (C=O) groups excluding carboxylic acids is 1. The number of hydrogen-bond donors (Lipinski definition) is 1. The summed E-state index contributed by atoms with van der Waals surface area (Å²) < 4.78 is 38.0. The van der Waals surface area contributed by atoms with E-state index in [2.05, 4.69) is 5.10 Å². The molecule has 1 atom stereocenters. The van der Waals surface area contributed by atoms with Crippen LogP contribution in [-0.2, 0) is 4.79 Å². The Morgan fingerprint density at radius 3 is 2.44 bits per heavy atom. The van der Waals surface area contributed by atoms with Crippen molar-refractivity contribution in [1.29, 1.82) is 0 Å². The van der Waals surface area contributed by atoms with Gasteiger partial charge in [-0.3, -0.25) is 4.79 Å². The second-order valence-corrected chi connectivity index (χ2v) is 4.13. The molecule has 1 rings (SSSR count). The van der Waals surface area contributed by atoms with E-state index >= 15 is 0 Å². The molecule has 0 aromatic carbocycles. The molecule has 0 aliphatic carbocycles. The largest absolute Gasteiger partial charge is 0.438 e. The van der Waals surface area contributed by atoms with Gasteiger partial charge in [-0.1, -0.05) is 13.8 Å². The van der Waals surface area contributed by atoms with Crippen LogP contribution in [-0.4, -0.2) is 33.6 Å². The van der Waals surface area contributed by atoms with Crippen LogP contribution < -0.4 is 0 Å². The molecule has 1 amide bonds. The molecule has 0 bridgehead atoms. The molecule has 0 aromatic rings. The fraction of sp³-hybridized carbons (Fsp3) is 0.778. The molecule has 0 aromatic heterocycles. The van der Waals surface area contributed by atoms with Crippen molar-refractivity contribution in [2.45, 2.75) is 39.1 Å². The molecule has 1 N–H and O–H groups in total. The number of aliphatic hydroxyl groups is 1. The van der Waals surface area contributed by atoms with Gasteiger partial charge in [0, 0.05) is 18.1 Å². The summed E-state index contributed by atoms with van der Waals surface area (Å²) in [6.45, 7) is 4.23. The lowest BCUT2D eigenvalue weighted by atomic mass is 10.1. The van der Waals surface area contributed by atoms with E-state index in [1.54, 1.807) is 0 Å². The molecule has 0 fully saturated rings. The predicted molar refractivity (Wildman–Crippen MR) is 50.4 cm³/mol. The Bertz CT molecular complexity index is 338. The Balaban J connectivity index is 3.10. The van der Waals surface area contributed by atoms with E-state index in [4.69, 9.17) is 0 Å². The molecule has 0 saturated heterocycles. The number of halogens is 3. The van der Waals surface area contributed by atoms with Gasteiger partial charge in [0.15, 0.2) is 0 Å². The quantitative estimate of drug-likeness (QED) is 0.752. The number of nitrogens with zero attached hydrogens (tertiary/aromatic N) is 2. The third kappa shape index (κ3) is 1.91. The van der Waals surface area contributed by atoms with E-state index in [1.165, 1.54) is 20.8 Å². The topological polar surface area (TPSA) is 52.9 Å². The van der Waals surface area contributed by atoms with Gasteiger partial charge in [0.05, 0.1) is 0 Å². The van der Waals surface area contributed by atoms with Crippen molar-refractivity contribution < 1.29 is 23.1 Å². The third-order valence-electron chi connectivity index (χ3n) is 2.28. The molecule has 1 heterocycles. The Kier molecular flexibility index (Phi) is 3.02. The first kappa shape index (κ1) is 13.0. The Morgan fingerprint density at radius 1 is 1.56 bits per heavy atom. The van der Waals surface area contributed by atoms with Crippen molar-refractivity contribution in [3.8, 4) is 0 Å². The minimum absolute atomic E-state index is 0.0776. The van der Waals surface area contributed by atoms with Gasteiger partial charge in [-0.15, -0.1) is 0 Å². The summed E-state index contributed by atoms with van der Waals surface area (Å²) in [5.41, 5.74) is -3.12. The van der Waals surface area contributed by atoms with Crippen LogP contribution in [0.5, 0.6) is 0 Å². The van der Waals surface area contributed by atoms with E-state index in [9.17, 15) is 23.1 Å². The molecule has 0 spiro atoms. The molecule has 1 aliphatic heterocycles. The Labute approximate surface area is 90.7 Å². The summed E-state index contributed by atoms with van der Waals surface area (Å²) in [5.74, 6) is -1.51. The lowest BCUT2D eigenvalue weighted by molar-refractivity contribution is -0.303. The maximum absolute atomic E-state index is 12.7. The van der Waals surface area contributed by atoms with Crippen LogP contribution in [0.1, 0.15) is 27.2 Å². The van der Waals surface area contributed by atoms with Gasteiger partial charge in [-0.05, 0) is 6.92 Å². The standard InChI is InChI=1S/C9H13F3N2O2/c1-5(2)7(15)14-8(16,9(10,11)12)4-6(3)13-14/h5,16H,4H2,1-3H3/t8-/m1/s1. The average molecular weight is 238 g/mol. The molecule has 0 radical (unpaired) electrons. The molecule has 0 unspecified atom stereocenters. The summed E-state index contributed by atoms with van der Waals surface area (Å²) >= 11 is 0. The van der Waals surface area contributed by atoms with Crippen molar-refractivity contribution in [2.75, 3.05) is 0 Å². The lowest BCUT2D eigenvalue weighted by Crippen LogP contribution is -2.57. The van der Waals surface area contributed by atoms with Gasteiger partial charge in [0.1, 0.15) is 0 Å². The van der Waals surface area contributed by atoms with Crippen molar-refractivity contribution in [1.82, 2.24) is 5.01 Å². The number of hydrazone groups is 1. The van der Waals surface area contributed by atoms with Gasteiger partial charge in [-0.2, -0.15) is 23.3 Å². The third-order valence-corrected chi connectivity index (χ3v) is 2.28. The van der Waals surface area contributed by atoms with Crippen LogP contribution in [0.25, 0.3) is 0 Å². The zero-order valence-corrected chi connectivity index (χ0v) is 9.17. The summed E-state index contributed by atoms with van der Waals surface area (Å²) in [6.07, 6.45) is -5.62. The minimum Gasteiger partial charge on any atom is -0.362 e. The molecular weight excluding hydrogens is 225 g/mol. The van der Waals surface area contributed by atoms with E-state index in [0.717, 1.165) is 0 Å². The Hall–Kier alpha value is -1.11. The smallest absolute Gasteiger partial charge is 0.362 e. The van der Waals surface area contributed by atoms with Crippen molar-refractivity contribution >= 4 is 11.6 Å². The number of hydrogen-bond acceptors (Lipinski definition) is 3. The van der Waals surface area contributed by atoms with Gasteiger partial charge in [-0.25, -0.2) is 0 Å². The first-order valence-corrected chi connectivity index (χ1v) is 4.77. The van der Waals surface area contributed by atoms with Crippen LogP contribution in [0.2, 0.25) is 0 Å². The van der Waals surface area contributed by atoms with Crippen LogP contribution >= 0.6 is 0 Å². The highest BCUT2D eigenvalue weighted by molar-refractivity contribution is 5.89. The van der Waals surface area contributed by atoms with Gasteiger partial charge >= 0.3 is 6.18 Å². The molecular formula is C9H13F3N2O2. The number of alkyl halides is 3. The summed E-state index contributed by atoms with van der Waals surface area (Å²) in [4.78, 5) is 11.5. The number of amides is 1. The highest BCUT2D eigenvalue weighted by atomic mass is 19.4. The maximum Gasteiger partial charge on any atom is 0.438 e. The summed E-state index contributed by atoms with van der Waals surface area (Å²) in [5, 5.41) is 13.1. The Morgan fingerprint density at radius 2 is 2.06 bits per heavy atom. The average Bonchev–Trinajstić information content (AvgIpc) is 2.40. The van der Waals surface area contributed by atoms with E-state index in [-0.39, 0.29) is 10.7 Å². The highest BCUT2D eigenvalue weighted by Crippen LogP contribution is 2.40. The van der Waals surface area contributed by atoms with Crippen molar-refractivity contribution in [3.63, 3.8) is 0 Å². The number of carbonyl (C=O) groups is 1. The fourth-order valence-electron chi connectivity index (χ4n) is 1.42. The molecule has 4 nitrogen and oxygen atoms in total. The summed E-state index contributed by atoms with van der Waals surface area (Å²) in [7, 11) is 0. The zero-order valence-electron chi connectivity index (χ0n) is 9.17. The van der Waals surface area contributed by atoms with Gasteiger partial charge in [0.25, 0.3) is 5.72 Å². The fourth-order valence-corrected chi connectivity index (χ4v) is 1.42. The van der Waals surface area contributed by atoms with E-state index in [1.807, 2.05) is 0 Å². The number of rotatable bonds is 1. The normalized spacial score (nSPS) is 26.2. The highest BCUT2D eigenvalue weighted by Gasteiger charge is 2.62. The second-order valence-electron chi connectivity index (χ2n) is 4.13. The maximum atomic E-state index is 12.7. The summed E-state index contributed by atoms with van der Waals surface area (Å²) in [6, 6.07) is 0. The van der Waals surface area contributed by atoms with Gasteiger partial charge in [0.2, 0.25) is 5.91 Å². The lowest BCUT2D eigenvalue weighted by Gasteiger charge is -2.33. The van der Waals surface area contributed by atoms with E-state index < -0.39 is 30.1 Å².